The van der Waals surface area contributed by atoms with Crippen molar-refractivity contribution in [1.29, 1.82) is 0 Å². The van der Waals surface area contributed by atoms with Gasteiger partial charge in [-0.05, 0) is 31.5 Å². The molecule has 3 heterocycles. The van der Waals surface area contributed by atoms with Crippen LogP contribution in [-0.2, 0) is 11.3 Å². The Bertz CT molecular complexity index is 1470. The van der Waals surface area contributed by atoms with E-state index in [4.69, 9.17) is 4.74 Å². The molecule has 0 spiro atoms. The van der Waals surface area contributed by atoms with Crippen LogP contribution >= 0.6 is 0 Å². The number of hydrogen-bond donors (Lipinski definition) is 0. The lowest BCUT2D eigenvalue weighted by Gasteiger charge is -2.26. The number of ketones is 2. The van der Waals surface area contributed by atoms with E-state index in [9.17, 15) is 14.8 Å². The van der Waals surface area contributed by atoms with Crippen molar-refractivity contribution in [3.8, 4) is 0 Å². The monoisotopic (exact) mass is 469 g/mol. The number of rotatable bonds is 6. The molecule has 0 atom stereocenters. The maximum Gasteiger partial charge on any atom is 0.224 e. The number of aryl methyl sites for hydroxylation is 1. The summed E-state index contributed by atoms with van der Waals surface area (Å²) < 4.78 is 8.14. The van der Waals surface area contributed by atoms with Crippen LogP contribution in [0.4, 0.5) is 0 Å². The zero-order valence-corrected chi connectivity index (χ0v) is 19.5. The van der Waals surface area contributed by atoms with E-state index < -0.39 is 0 Å². The smallest absolute Gasteiger partial charge is 0.224 e. The van der Waals surface area contributed by atoms with E-state index in [0.29, 0.717) is 39.0 Å². The van der Waals surface area contributed by atoms with Gasteiger partial charge < -0.3 is 14.5 Å². The minimum atomic E-state index is -0.257. The summed E-state index contributed by atoms with van der Waals surface area (Å²) in [5.41, 5.74) is 2.67. The highest BCUT2D eigenvalue weighted by molar-refractivity contribution is 6.34. The minimum absolute atomic E-state index is 0.184. The molecular weight excluding hydrogens is 442 g/mol. The third-order valence-corrected chi connectivity index (χ3v) is 7.27. The zero-order chi connectivity index (χ0) is 23.9. The van der Waals surface area contributed by atoms with Crippen LogP contribution in [0.1, 0.15) is 51.2 Å². The molecule has 0 saturated carbocycles. The maximum atomic E-state index is 14.0. The van der Waals surface area contributed by atoms with Crippen LogP contribution in [-0.4, -0.2) is 53.9 Å². The van der Waals surface area contributed by atoms with Gasteiger partial charge in [-0.2, -0.15) is 4.73 Å². The molecule has 35 heavy (non-hydrogen) atoms. The summed E-state index contributed by atoms with van der Waals surface area (Å²) in [4.78, 5) is 30.1. The first-order valence-electron chi connectivity index (χ1n) is 12.3. The maximum absolute atomic E-state index is 14.0. The highest BCUT2D eigenvalue weighted by Crippen LogP contribution is 2.37. The Morgan fingerprint density at radius 3 is 2.37 bits per heavy atom. The number of carbonyl (C=O) groups excluding carboxylic acids is 2. The predicted molar refractivity (Wildman–Crippen MR) is 133 cm³/mol. The van der Waals surface area contributed by atoms with Gasteiger partial charge in [0.15, 0.2) is 6.20 Å². The quantitative estimate of drug-likeness (QED) is 0.215. The van der Waals surface area contributed by atoms with Gasteiger partial charge in [-0.1, -0.05) is 36.8 Å². The summed E-state index contributed by atoms with van der Waals surface area (Å²) in [6.45, 7) is 5.31. The predicted octanol–water partition coefficient (Wildman–Crippen LogP) is 3.71. The van der Waals surface area contributed by atoms with Gasteiger partial charge >= 0.3 is 0 Å². The van der Waals surface area contributed by atoms with E-state index in [0.717, 1.165) is 63.0 Å². The van der Waals surface area contributed by atoms with Crippen molar-refractivity contribution >= 4 is 33.4 Å². The van der Waals surface area contributed by atoms with E-state index in [1.165, 1.54) is 6.20 Å². The van der Waals surface area contributed by atoms with Crippen LogP contribution in [0, 0.1) is 5.21 Å². The molecule has 1 aliphatic heterocycles. The third kappa shape index (κ3) is 3.63. The molecule has 7 nitrogen and oxygen atoms in total. The zero-order valence-electron chi connectivity index (χ0n) is 19.5. The van der Waals surface area contributed by atoms with Gasteiger partial charge in [0.25, 0.3) is 0 Å². The standard InChI is InChI=1S/C28H27N3O4/c32-27-21-18-31(34)23-11-5-3-9-20(23)24(21)28(33)26-25(27)19-8-2-4-10-22(19)30(26)13-7-1-6-12-29-14-16-35-17-15-29/h2-5,8-11,18H,1,6-7,12-17H2. The van der Waals surface area contributed by atoms with Gasteiger partial charge in [0.2, 0.25) is 17.1 Å². The largest absolute Gasteiger partial charge is 0.618 e. The molecule has 0 radical (unpaired) electrons. The molecule has 0 amide bonds. The van der Waals surface area contributed by atoms with Crippen LogP contribution in [0.25, 0.3) is 21.8 Å². The van der Waals surface area contributed by atoms with Crippen molar-refractivity contribution in [1.82, 2.24) is 9.47 Å². The fraction of sp³-hybridized carbons (Fsp3) is 0.321. The van der Waals surface area contributed by atoms with E-state index >= 15 is 0 Å². The molecular formula is C28H27N3O4. The summed E-state index contributed by atoms with van der Waals surface area (Å²) >= 11 is 0. The van der Waals surface area contributed by atoms with Gasteiger partial charge in [-0.15, -0.1) is 0 Å². The molecule has 2 aliphatic rings. The number of morpholine rings is 1. The Morgan fingerprint density at radius 1 is 0.829 bits per heavy atom. The Labute approximate surface area is 203 Å². The lowest BCUT2D eigenvalue weighted by atomic mass is 9.85. The van der Waals surface area contributed by atoms with Gasteiger partial charge in [0.05, 0.1) is 35.3 Å². The van der Waals surface area contributed by atoms with Crippen LogP contribution in [0.5, 0.6) is 0 Å². The molecule has 1 fully saturated rings. The van der Waals surface area contributed by atoms with Crippen molar-refractivity contribution in [3.63, 3.8) is 0 Å². The fourth-order valence-electron chi connectivity index (χ4n) is 5.55. The Hall–Kier alpha value is -3.55. The van der Waals surface area contributed by atoms with Crippen LogP contribution in [0.15, 0.2) is 54.7 Å². The van der Waals surface area contributed by atoms with E-state index in [1.54, 1.807) is 24.3 Å². The second-order valence-electron chi connectivity index (χ2n) is 9.33. The molecule has 0 bridgehead atoms. The van der Waals surface area contributed by atoms with Crippen molar-refractivity contribution in [2.45, 2.75) is 25.8 Å². The van der Waals surface area contributed by atoms with Crippen molar-refractivity contribution in [3.05, 3.63) is 82.3 Å². The number of hydrogen-bond acceptors (Lipinski definition) is 5. The molecule has 0 unspecified atom stereocenters. The summed E-state index contributed by atoms with van der Waals surface area (Å²) in [6.07, 6.45) is 4.31. The second-order valence-corrected chi connectivity index (χ2v) is 9.33. The Balaban J connectivity index is 1.35. The number of para-hydroxylation sites is 2. The molecule has 2 aromatic heterocycles. The first kappa shape index (κ1) is 21.9. The van der Waals surface area contributed by atoms with Crippen molar-refractivity contribution < 1.29 is 19.1 Å². The number of pyridine rings is 1. The summed E-state index contributed by atoms with van der Waals surface area (Å²) in [5, 5.41) is 13.9. The molecule has 6 rings (SSSR count). The molecule has 7 heteroatoms. The van der Waals surface area contributed by atoms with Gasteiger partial charge in [-0.25, -0.2) is 0 Å². The molecule has 4 aromatic rings. The highest BCUT2D eigenvalue weighted by atomic mass is 16.5. The third-order valence-electron chi connectivity index (χ3n) is 7.27. The average Bonchev–Trinajstić information content (AvgIpc) is 3.22. The Morgan fingerprint density at radius 2 is 1.54 bits per heavy atom. The lowest BCUT2D eigenvalue weighted by molar-refractivity contribution is -0.577. The topological polar surface area (TPSA) is 78.5 Å². The number of unbranched alkanes of at least 4 members (excludes halogenated alkanes) is 2. The molecule has 1 aliphatic carbocycles. The summed E-state index contributed by atoms with van der Waals surface area (Å²) in [5.74, 6) is -0.442. The highest BCUT2D eigenvalue weighted by Gasteiger charge is 2.38. The van der Waals surface area contributed by atoms with Crippen molar-refractivity contribution in [2.24, 2.45) is 0 Å². The summed E-state index contributed by atoms with van der Waals surface area (Å²) in [6, 6.07) is 14.7. The second kappa shape index (κ2) is 8.91. The van der Waals surface area contributed by atoms with E-state index in [-0.39, 0.29) is 17.1 Å². The molecule has 0 N–H and O–H groups in total. The molecule has 2 aromatic carbocycles. The average molecular weight is 470 g/mol. The van der Waals surface area contributed by atoms with Gasteiger partial charge in [0, 0.05) is 36.6 Å². The minimum Gasteiger partial charge on any atom is -0.618 e. The summed E-state index contributed by atoms with van der Waals surface area (Å²) in [7, 11) is 0. The first-order valence-corrected chi connectivity index (χ1v) is 12.3. The number of fused-ring (bicyclic) bond motifs is 6. The van der Waals surface area contributed by atoms with E-state index in [1.807, 2.05) is 28.8 Å². The number of ether oxygens (including phenoxy) is 1. The van der Waals surface area contributed by atoms with Crippen LogP contribution in [0.2, 0.25) is 0 Å². The normalized spacial score (nSPS) is 16.1. The molecule has 178 valence electrons. The lowest BCUT2D eigenvalue weighted by Crippen LogP contribution is -2.36. The molecule has 1 saturated heterocycles. The van der Waals surface area contributed by atoms with Gasteiger partial charge in [-0.3, -0.25) is 14.5 Å². The Kier molecular flexibility index (Phi) is 5.59. The fourth-order valence-corrected chi connectivity index (χ4v) is 5.55. The van der Waals surface area contributed by atoms with E-state index in [2.05, 4.69) is 4.90 Å². The van der Waals surface area contributed by atoms with Crippen LogP contribution < -0.4 is 4.73 Å². The van der Waals surface area contributed by atoms with Crippen molar-refractivity contribution in [2.75, 3.05) is 32.8 Å². The SMILES string of the molecule is O=C1c2c[n+]([O-])c3ccccc3c2C(=O)c2c1c1ccccc1n2CCCCCN1CCOCC1. The van der Waals surface area contributed by atoms with Crippen LogP contribution in [0.3, 0.4) is 0 Å². The number of carbonyl (C=O) groups is 2. The van der Waals surface area contributed by atoms with Gasteiger partial charge in [0.1, 0.15) is 5.69 Å². The number of aromatic nitrogens is 2. The number of nitrogens with zero attached hydrogens (tertiary/aromatic N) is 3. The first-order chi connectivity index (χ1) is 17.1. The number of benzene rings is 2.